The fourth-order valence-corrected chi connectivity index (χ4v) is 4.34. The van der Waals surface area contributed by atoms with Crippen LogP contribution in [-0.4, -0.2) is 28.2 Å². The van der Waals surface area contributed by atoms with E-state index < -0.39 is 53.2 Å². The molecule has 2 aromatic carbocycles. The van der Waals surface area contributed by atoms with Crippen LogP contribution in [0.5, 0.6) is 5.75 Å². The van der Waals surface area contributed by atoms with Crippen LogP contribution in [-0.2, 0) is 22.7 Å². The predicted octanol–water partition coefficient (Wildman–Crippen LogP) is 7.66. The second-order valence-electron chi connectivity index (χ2n) is 8.16. The van der Waals surface area contributed by atoms with Crippen molar-refractivity contribution in [2.45, 2.75) is 24.9 Å². The van der Waals surface area contributed by atoms with E-state index in [-0.39, 0.29) is 40.4 Å². The average Bonchev–Trinajstić information content (AvgIpc) is 3.47. The number of fused-ring (bicyclic) bond motifs is 3. The number of rotatable bonds is 6. The molecule has 5 rings (SSSR count). The van der Waals surface area contributed by atoms with E-state index in [0.717, 1.165) is 25.2 Å². The second kappa shape index (κ2) is 9.53. The Labute approximate surface area is 217 Å². The summed E-state index contributed by atoms with van der Waals surface area (Å²) in [6, 6.07) is 10.5. The summed E-state index contributed by atoms with van der Waals surface area (Å²) < 4.78 is 124. The lowest BCUT2D eigenvalue weighted by atomic mass is 9.85. The lowest BCUT2D eigenvalue weighted by molar-refractivity contribution is -0.269. The predicted molar refractivity (Wildman–Crippen MR) is 119 cm³/mol. The highest BCUT2D eigenvalue weighted by Crippen LogP contribution is 2.51. The van der Waals surface area contributed by atoms with Gasteiger partial charge in [0.1, 0.15) is 29.2 Å². The highest BCUT2D eigenvalue weighted by atomic mass is 32.2. The topological polar surface area (TPSA) is 73.8 Å². The van der Waals surface area contributed by atoms with Crippen LogP contribution in [0.2, 0.25) is 0 Å². The molecule has 1 aliphatic rings. The van der Waals surface area contributed by atoms with E-state index in [1.54, 1.807) is 6.07 Å². The molecule has 2 heterocycles. The van der Waals surface area contributed by atoms with Gasteiger partial charge in [0.25, 0.3) is 5.92 Å². The van der Waals surface area contributed by atoms with Gasteiger partial charge in [-0.3, -0.25) is 0 Å². The summed E-state index contributed by atoms with van der Waals surface area (Å²) in [4.78, 5) is 5.08. The number of hydrogen-bond acceptors (Lipinski definition) is 8. The number of hydrogen-bond donors (Lipinski definition) is 0. The van der Waals surface area contributed by atoms with E-state index in [2.05, 4.69) is 14.5 Å². The fourth-order valence-electron chi connectivity index (χ4n) is 4.03. The van der Waals surface area contributed by atoms with Gasteiger partial charge in [0.05, 0.1) is 0 Å². The number of aromatic nitrogens is 2. The van der Waals surface area contributed by atoms with Crippen LogP contribution < -0.4 is 4.84 Å². The molecule has 0 radical (unpaired) electrons. The molecule has 0 bridgehead atoms. The molecule has 206 valence electrons. The zero-order chi connectivity index (χ0) is 28.2. The first-order chi connectivity index (χ1) is 18.2. The van der Waals surface area contributed by atoms with Crippen LogP contribution in [0.25, 0.3) is 34.0 Å². The van der Waals surface area contributed by atoms with Gasteiger partial charge < -0.3 is 13.9 Å². The maximum Gasteiger partial charge on any atom is 0.534 e. The van der Waals surface area contributed by atoms with E-state index in [0.29, 0.717) is 4.47 Å². The first-order valence-corrected chi connectivity index (χ1v) is 11.4. The molecule has 0 atom stereocenters. The summed E-state index contributed by atoms with van der Waals surface area (Å²) in [6.07, 6.45) is -11.1. The largest absolute Gasteiger partial charge is 0.534 e. The summed E-state index contributed by atoms with van der Waals surface area (Å²) in [5, 5.41) is 7.24. The third-order valence-corrected chi connectivity index (χ3v) is 6.07. The summed E-state index contributed by atoms with van der Waals surface area (Å²) >= 11 is -0.228. The molecular formula is C23H13F8N3O4S. The number of benzene rings is 2. The van der Waals surface area contributed by atoms with Gasteiger partial charge in [-0.2, -0.15) is 13.2 Å². The van der Waals surface area contributed by atoms with Crippen molar-refractivity contribution in [2.75, 3.05) is 7.05 Å². The monoisotopic (exact) mass is 579 g/mol. The molecule has 2 aromatic heterocycles. The molecule has 0 N–H and O–H groups in total. The first-order valence-electron chi connectivity index (χ1n) is 10.7. The van der Waals surface area contributed by atoms with Gasteiger partial charge in [0.15, 0.2) is 17.2 Å². The number of nitrogens with zero attached hydrogens (tertiary/aromatic N) is 3. The number of halogens is 8. The molecule has 16 heteroatoms. The molecule has 0 amide bonds. The standard InChI is InChI=1S/C23H13F8N3O4S/c1-34(39-38-23(29,30)31)37-12-7-8-13-15(9-12)21(24,25)10-14-17(13)32-36-20(14)18-16(22(26,27)28)19(35-33-18)11-5-3-2-4-6-11/h2-9H,10H2,1H3. The quantitative estimate of drug-likeness (QED) is 0.0998. The minimum Gasteiger partial charge on any atom is -0.394 e. The third-order valence-electron chi connectivity index (χ3n) is 5.52. The Morgan fingerprint density at radius 2 is 1.59 bits per heavy atom. The maximum absolute atomic E-state index is 15.3. The van der Waals surface area contributed by atoms with E-state index in [1.165, 1.54) is 24.3 Å². The summed E-state index contributed by atoms with van der Waals surface area (Å²) in [5.74, 6) is -5.16. The Hall–Kier alpha value is -3.63. The fraction of sp³-hybridized carbons (Fsp3) is 0.217. The normalized spacial score (nSPS) is 14.8. The van der Waals surface area contributed by atoms with Crippen LogP contribution in [0, 0.1) is 0 Å². The maximum atomic E-state index is 15.3. The Balaban J connectivity index is 1.53. The Bertz CT molecular complexity index is 1500. The lowest BCUT2D eigenvalue weighted by Crippen LogP contribution is -2.24. The van der Waals surface area contributed by atoms with Crippen LogP contribution >= 0.6 is 12.2 Å². The van der Waals surface area contributed by atoms with Gasteiger partial charge >= 0.3 is 12.5 Å². The van der Waals surface area contributed by atoms with Gasteiger partial charge in [-0.1, -0.05) is 45.1 Å². The van der Waals surface area contributed by atoms with Gasteiger partial charge in [0, 0.05) is 35.7 Å². The molecule has 0 saturated heterocycles. The number of alkyl halides is 8. The van der Waals surface area contributed by atoms with Crippen molar-refractivity contribution in [3.63, 3.8) is 0 Å². The molecule has 39 heavy (non-hydrogen) atoms. The molecule has 0 fully saturated rings. The zero-order valence-corrected chi connectivity index (χ0v) is 20.0. The van der Waals surface area contributed by atoms with Crippen molar-refractivity contribution in [3.8, 4) is 39.8 Å². The molecule has 4 aromatic rings. The van der Waals surface area contributed by atoms with Crippen molar-refractivity contribution in [2.24, 2.45) is 0 Å². The molecule has 0 spiro atoms. The van der Waals surface area contributed by atoms with Crippen LogP contribution in [0.3, 0.4) is 0 Å². The third kappa shape index (κ3) is 5.31. The molecule has 0 aliphatic heterocycles. The Morgan fingerprint density at radius 3 is 2.26 bits per heavy atom. The number of hydroxylamine groups is 1. The van der Waals surface area contributed by atoms with Crippen LogP contribution in [0.4, 0.5) is 35.1 Å². The van der Waals surface area contributed by atoms with Crippen molar-refractivity contribution in [3.05, 3.63) is 65.2 Å². The highest BCUT2D eigenvalue weighted by molar-refractivity contribution is 7.92. The van der Waals surface area contributed by atoms with E-state index in [9.17, 15) is 26.3 Å². The van der Waals surface area contributed by atoms with E-state index in [4.69, 9.17) is 13.9 Å². The van der Waals surface area contributed by atoms with Crippen LogP contribution in [0.15, 0.2) is 57.6 Å². The molecule has 7 nitrogen and oxygen atoms in total. The zero-order valence-electron chi connectivity index (χ0n) is 19.2. The molecule has 1 aliphatic carbocycles. The minimum atomic E-state index is -4.98. The average molecular weight is 579 g/mol. The van der Waals surface area contributed by atoms with E-state index >= 15 is 8.78 Å². The van der Waals surface area contributed by atoms with Crippen molar-refractivity contribution < 1.29 is 53.2 Å². The summed E-state index contributed by atoms with van der Waals surface area (Å²) in [6.45, 7) is 0. The molecular weight excluding hydrogens is 566 g/mol. The highest BCUT2D eigenvalue weighted by Gasteiger charge is 2.47. The van der Waals surface area contributed by atoms with Gasteiger partial charge in [-0.15, -0.1) is 13.2 Å². The van der Waals surface area contributed by atoms with Crippen molar-refractivity contribution in [1.29, 1.82) is 0 Å². The van der Waals surface area contributed by atoms with Crippen molar-refractivity contribution >= 4 is 12.2 Å². The lowest BCUT2D eigenvalue weighted by Gasteiger charge is -2.25. The summed E-state index contributed by atoms with van der Waals surface area (Å²) in [7, 11) is 1.05. The molecule has 0 saturated carbocycles. The minimum absolute atomic E-state index is 0.0592. The smallest absolute Gasteiger partial charge is 0.394 e. The Kier molecular flexibility index (Phi) is 6.59. The van der Waals surface area contributed by atoms with E-state index in [1.807, 2.05) is 0 Å². The first kappa shape index (κ1) is 27.0. The van der Waals surface area contributed by atoms with Gasteiger partial charge in [-0.25, -0.2) is 13.0 Å². The Morgan fingerprint density at radius 1 is 0.923 bits per heavy atom. The summed E-state index contributed by atoms with van der Waals surface area (Å²) in [5.41, 5.74) is -3.37. The SMILES string of the molecule is CN(Oc1ccc2c(c1)C(F)(F)Cc1c-2noc1-c1noc(-c2ccccc2)c1C(F)(F)F)SOC(F)(F)F. The molecule has 0 unspecified atom stereocenters. The van der Waals surface area contributed by atoms with Crippen molar-refractivity contribution in [1.82, 2.24) is 14.8 Å². The second-order valence-corrected chi connectivity index (χ2v) is 8.99. The van der Waals surface area contributed by atoms with Crippen LogP contribution in [0.1, 0.15) is 16.7 Å². The van der Waals surface area contributed by atoms with Gasteiger partial charge in [-0.05, 0) is 18.2 Å². The van der Waals surface area contributed by atoms with Gasteiger partial charge in [0.2, 0.25) is 0 Å².